The number of aromatic nitrogens is 2. The Hall–Kier alpha value is -3.34. The molecule has 12 heteroatoms. The maximum absolute atomic E-state index is 13.2. The highest BCUT2D eigenvalue weighted by Gasteiger charge is 2.32. The zero-order valence-corrected chi connectivity index (χ0v) is 20.4. The van der Waals surface area contributed by atoms with E-state index in [-0.39, 0.29) is 29.1 Å². The summed E-state index contributed by atoms with van der Waals surface area (Å²) in [6.45, 7) is 0. The summed E-state index contributed by atoms with van der Waals surface area (Å²) in [5, 5.41) is 9.13. The summed E-state index contributed by atoms with van der Waals surface area (Å²) in [5.41, 5.74) is 1.37. The van der Waals surface area contributed by atoms with Crippen LogP contribution in [0.4, 0.5) is 11.6 Å². The number of thioether (sulfide) groups is 1. The van der Waals surface area contributed by atoms with Crippen molar-refractivity contribution in [1.29, 1.82) is 0 Å². The molecular formula is C22H19Cl2N6O3S+. The Morgan fingerprint density at radius 2 is 1.97 bits per heavy atom. The van der Waals surface area contributed by atoms with Crippen molar-refractivity contribution < 1.29 is 18.9 Å². The van der Waals surface area contributed by atoms with E-state index in [0.29, 0.717) is 26.5 Å². The second-order valence-electron chi connectivity index (χ2n) is 7.21. The molecule has 1 aliphatic heterocycles. The molecule has 2 amide bonds. The Bertz CT molecular complexity index is 1290. The summed E-state index contributed by atoms with van der Waals surface area (Å²) in [7, 11) is 3.55. The van der Waals surface area contributed by atoms with Crippen molar-refractivity contribution in [1.82, 2.24) is 5.27 Å². The summed E-state index contributed by atoms with van der Waals surface area (Å²) >= 11 is 13.5. The minimum atomic E-state index is -0.342. The second kappa shape index (κ2) is 10.3. The Labute approximate surface area is 209 Å². The fourth-order valence-electron chi connectivity index (χ4n) is 2.96. The van der Waals surface area contributed by atoms with E-state index in [1.54, 1.807) is 55.5 Å². The van der Waals surface area contributed by atoms with Gasteiger partial charge in [0.25, 0.3) is 12.1 Å². The number of aliphatic imine (C=N–C) groups is 1. The van der Waals surface area contributed by atoms with Crippen LogP contribution in [0.2, 0.25) is 10.0 Å². The van der Waals surface area contributed by atoms with Crippen molar-refractivity contribution in [3.8, 4) is 0 Å². The Balaban J connectivity index is 1.56. The van der Waals surface area contributed by atoms with E-state index in [9.17, 15) is 9.59 Å². The number of amidine groups is 1. The van der Waals surface area contributed by atoms with Gasteiger partial charge in [0.2, 0.25) is 11.2 Å². The number of carbonyl (C=O) groups excluding carboxylic acids is 2. The van der Waals surface area contributed by atoms with Gasteiger partial charge in [-0.25, -0.2) is 4.99 Å². The topological polar surface area (TPSA) is 94.9 Å². The average molecular weight is 518 g/mol. The third-order valence-electron chi connectivity index (χ3n) is 4.58. The van der Waals surface area contributed by atoms with Crippen LogP contribution in [0.3, 0.4) is 0 Å². The predicted molar refractivity (Wildman–Crippen MR) is 134 cm³/mol. The monoisotopic (exact) mass is 517 g/mol. The van der Waals surface area contributed by atoms with Crippen molar-refractivity contribution in [2.45, 2.75) is 0 Å². The van der Waals surface area contributed by atoms with Gasteiger partial charge in [0.05, 0.1) is 40.4 Å². The number of amides is 2. The van der Waals surface area contributed by atoms with E-state index in [4.69, 9.17) is 27.7 Å². The number of nitrogens with one attached hydrogen (secondary N) is 1. The summed E-state index contributed by atoms with van der Waals surface area (Å²) < 4.78 is 5.08. The normalized spacial score (nSPS) is 14.5. The van der Waals surface area contributed by atoms with E-state index in [2.05, 4.69) is 15.6 Å². The SMILES string of the molecule is CN(C)[n+]1cc(NC(=O)CSC2=N/C(=C/c3cccc(Cl)c3Cl)C(=O)N2c2ccccc2)on1. The molecule has 0 saturated carbocycles. The first kappa shape index (κ1) is 23.8. The lowest BCUT2D eigenvalue weighted by atomic mass is 10.2. The van der Waals surface area contributed by atoms with Gasteiger partial charge in [0.15, 0.2) is 5.17 Å². The Morgan fingerprint density at radius 3 is 2.68 bits per heavy atom. The summed E-state index contributed by atoms with van der Waals surface area (Å²) in [4.78, 5) is 33.1. The first-order valence-electron chi connectivity index (χ1n) is 9.96. The number of rotatable bonds is 6. The van der Waals surface area contributed by atoms with E-state index < -0.39 is 0 Å². The Kier molecular flexibility index (Phi) is 7.20. The van der Waals surface area contributed by atoms with E-state index in [0.717, 1.165) is 11.8 Å². The molecule has 9 nitrogen and oxygen atoms in total. The van der Waals surface area contributed by atoms with Gasteiger partial charge in [-0.15, -0.1) is 0 Å². The lowest BCUT2D eigenvalue weighted by molar-refractivity contribution is -0.753. The highest BCUT2D eigenvalue weighted by Crippen LogP contribution is 2.32. The molecule has 2 aromatic carbocycles. The average Bonchev–Trinajstić information content (AvgIpc) is 3.41. The molecule has 0 saturated heterocycles. The smallest absolute Gasteiger partial charge is 0.288 e. The van der Waals surface area contributed by atoms with Crippen LogP contribution >= 0.6 is 35.0 Å². The van der Waals surface area contributed by atoms with E-state index in [1.165, 1.54) is 15.9 Å². The third kappa shape index (κ3) is 5.24. The molecule has 1 aromatic heterocycles. The molecule has 0 radical (unpaired) electrons. The Morgan fingerprint density at radius 1 is 1.21 bits per heavy atom. The molecule has 34 heavy (non-hydrogen) atoms. The highest BCUT2D eigenvalue weighted by molar-refractivity contribution is 8.14. The molecule has 1 aliphatic rings. The highest BCUT2D eigenvalue weighted by atomic mass is 35.5. The number of hydrogen-bond donors (Lipinski definition) is 1. The molecule has 0 fully saturated rings. The molecule has 2 heterocycles. The molecule has 0 unspecified atom stereocenters. The van der Waals surface area contributed by atoms with Crippen LogP contribution in [0.15, 0.2) is 69.9 Å². The van der Waals surface area contributed by atoms with Gasteiger partial charge in [-0.1, -0.05) is 65.3 Å². The zero-order valence-electron chi connectivity index (χ0n) is 18.1. The van der Waals surface area contributed by atoms with Crippen LogP contribution in [0, 0.1) is 0 Å². The summed E-state index contributed by atoms with van der Waals surface area (Å²) in [6.07, 6.45) is 3.11. The van der Waals surface area contributed by atoms with Crippen LogP contribution in [0.1, 0.15) is 5.56 Å². The molecular weight excluding hydrogens is 499 g/mol. The summed E-state index contributed by atoms with van der Waals surface area (Å²) in [6, 6.07) is 14.2. The maximum Gasteiger partial charge on any atom is 0.305 e. The van der Waals surface area contributed by atoms with Gasteiger partial charge in [0.1, 0.15) is 5.70 Å². The number of halogens is 2. The van der Waals surface area contributed by atoms with Crippen molar-refractivity contribution >= 4 is 69.6 Å². The lowest BCUT2D eigenvalue weighted by Crippen LogP contribution is -2.53. The van der Waals surface area contributed by atoms with Gasteiger partial charge >= 0.3 is 5.88 Å². The molecule has 1 N–H and O–H groups in total. The van der Waals surface area contributed by atoms with Crippen LogP contribution in [-0.4, -0.2) is 42.1 Å². The molecule has 3 aromatic rings. The molecule has 174 valence electrons. The summed E-state index contributed by atoms with van der Waals surface area (Å²) in [5.74, 6) is -0.499. The van der Waals surface area contributed by atoms with Gasteiger partial charge < -0.3 is 0 Å². The molecule has 4 rings (SSSR count). The fourth-order valence-corrected chi connectivity index (χ4v) is 4.14. The first-order valence-corrected chi connectivity index (χ1v) is 11.7. The minimum absolute atomic E-state index is 0.0106. The lowest BCUT2D eigenvalue weighted by Gasteiger charge is -2.17. The van der Waals surface area contributed by atoms with E-state index >= 15 is 0 Å². The van der Waals surface area contributed by atoms with Crippen LogP contribution in [0.5, 0.6) is 0 Å². The number of nitrogens with zero attached hydrogens (tertiary/aromatic N) is 5. The molecule has 0 atom stereocenters. The zero-order chi connectivity index (χ0) is 24.2. The quantitative estimate of drug-likeness (QED) is 0.396. The number of carbonyl (C=O) groups is 2. The van der Waals surface area contributed by atoms with Crippen LogP contribution in [-0.2, 0) is 9.59 Å². The first-order chi connectivity index (χ1) is 16.3. The standard InChI is InChI=1S/C22H18Cl2N6O3S/c1-28(2)29-12-19(33-27-29)26-18(31)13-34-22-25-17(11-14-7-6-10-16(23)20(14)24)21(32)30(22)15-8-4-3-5-9-15/h3-12H,13H2,1-2H3/p+1/b17-11+. The van der Waals surface area contributed by atoms with Crippen molar-refractivity contribution in [2.75, 3.05) is 35.1 Å². The molecule has 0 aliphatic carbocycles. The maximum atomic E-state index is 13.2. The minimum Gasteiger partial charge on any atom is -0.288 e. The number of hydrogen-bond acceptors (Lipinski definition) is 7. The third-order valence-corrected chi connectivity index (χ3v) is 6.35. The van der Waals surface area contributed by atoms with Crippen molar-refractivity contribution in [3.05, 3.63) is 76.0 Å². The van der Waals surface area contributed by atoms with E-state index in [1.807, 2.05) is 18.2 Å². The largest absolute Gasteiger partial charge is 0.305 e. The predicted octanol–water partition coefficient (Wildman–Crippen LogP) is 3.58. The molecule has 0 bridgehead atoms. The molecule has 0 spiro atoms. The fraction of sp³-hybridized carbons (Fsp3) is 0.136. The van der Waals surface area contributed by atoms with Gasteiger partial charge in [-0.05, 0) is 29.8 Å². The second-order valence-corrected chi connectivity index (χ2v) is 8.94. The van der Waals surface area contributed by atoms with Crippen LogP contribution < -0.4 is 20.0 Å². The van der Waals surface area contributed by atoms with Gasteiger partial charge in [-0.3, -0.25) is 24.3 Å². The van der Waals surface area contributed by atoms with Gasteiger partial charge in [0, 0.05) is 0 Å². The van der Waals surface area contributed by atoms with Crippen molar-refractivity contribution in [3.63, 3.8) is 0 Å². The van der Waals surface area contributed by atoms with Crippen molar-refractivity contribution in [2.24, 2.45) is 4.99 Å². The van der Waals surface area contributed by atoms with Crippen LogP contribution in [0.25, 0.3) is 6.08 Å². The number of para-hydroxylation sites is 1. The number of anilines is 2. The number of benzene rings is 2. The van der Waals surface area contributed by atoms with Gasteiger partial charge in [-0.2, -0.15) is 5.01 Å².